The van der Waals surface area contributed by atoms with Crippen LogP contribution in [-0.2, 0) is 16.0 Å². The van der Waals surface area contributed by atoms with Gasteiger partial charge >= 0.3 is 5.97 Å². The minimum atomic E-state index is -0.467. The smallest absolute Gasteiger partial charge is 0.376 e. The Morgan fingerprint density at radius 1 is 1.06 bits per heavy atom. The number of hydrogen-bond acceptors (Lipinski definition) is 7. The van der Waals surface area contributed by atoms with Crippen LogP contribution in [0.3, 0.4) is 0 Å². The van der Waals surface area contributed by atoms with E-state index in [2.05, 4.69) is 29.2 Å². The van der Waals surface area contributed by atoms with Crippen LogP contribution in [0.1, 0.15) is 41.6 Å². The number of fused-ring (bicyclic) bond motifs is 3. The quantitative estimate of drug-likeness (QED) is 0.517. The van der Waals surface area contributed by atoms with Gasteiger partial charge in [-0.2, -0.15) is 5.01 Å². The molecule has 1 atom stereocenters. The van der Waals surface area contributed by atoms with Crippen molar-refractivity contribution in [2.75, 3.05) is 11.6 Å². The highest BCUT2D eigenvalue weighted by atomic mass is 16.5. The first-order valence-corrected chi connectivity index (χ1v) is 11.9. The zero-order valence-corrected chi connectivity index (χ0v) is 19.7. The summed E-state index contributed by atoms with van der Waals surface area (Å²) in [6.07, 6.45) is 5.37. The van der Waals surface area contributed by atoms with Crippen molar-refractivity contribution in [3.05, 3.63) is 101 Å². The second-order valence-corrected chi connectivity index (χ2v) is 8.74. The highest BCUT2D eigenvalue weighted by Gasteiger charge is 2.47. The number of amidine groups is 1. The number of rotatable bonds is 4. The molecular formula is C28H25N5O2. The zero-order valence-electron chi connectivity index (χ0n) is 19.7. The van der Waals surface area contributed by atoms with Crippen LogP contribution in [0.4, 0.5) is 5.69 Å². The molecule has 7 nitrogen and oxygen atoms in total. The van der Waals surface area contributed by atoms with Crippen molar-refractivity contribution >= 4 is 29.1 Å². The summed E-state index contributed by atoms with van der Waals surface area (Å²) in [5.41, 5.74) is 7.40. The van der Waals surface area contributed by atoms with Gasteiger partial charge in [-0.25, -0.2) is 9.79 Å². The summed E-state index contributed by atoms with van der Waals surface area (Å²) in [7, 11) is 0. The molecule has 0 N–H and O–H groups in total. The van der Waals surface area contributed by atoms with Crippen molar-refractivity contribution in [3.8, 4) is 0 Å². The van der Waals surface area contributed by atoms with E-state index in [0.717, 1.165) is 46.5 Å². The number of pyridine rings is 1. The van der Waals surface area contributed by atoms with Crippen LogP contribution in [0.2, 0.25) is 0 Å². The Balaban J connectivity index is 1.60. The van der Waals surface area contributed by atoms with Gasteiger partial charge in [0.05, 0.1) is 24.0 Å². The van der Waals surface area contributed by atoms with E-state index in [0.29, 0.717) is 5.96 Å². The van der Waals surface area contributed by atoms with E-state index in [1.165, 1.54) is 5.56 Å². The summed E-state index contributed by atoms with van der Waals surface area (Å²) in [5.74, 6) is 0.352. The number of hydrazone groups is 1. The van der Waals surface area contributed by atoms with Crippen molar-refractivity contribution in [3.63, 3.8) is 0 Å². The number of benzene rings is 2. The molecule has 3 aliphatic rings. The molecule has 0 spiro atoms. The third-order valence-corrected chi connectivity index (χ3v) is 6.67. The third kappa shape index (κ3) is 3.43. The molecule has 0 bridgehead atoms. The van der Waals surface area contributed by atoms with E-state index in [1.54, 1.807) is 18.1 Å². The summed E-state index contributed by atoms with van der Waals surface area (Å²) in [5, 5.41) is 6.57. The molecule has 7 heteroatoms. The van der Waals surface area contributed by atoms with Gasteiger partial charge in [0.1, 0.15) is 0 Å². The fourth-order valence-corrected chi connectivity index (χ4v) is 5.09. The van der Waals surface area contributed by atoms with Crippen molar-refractivity contribution in [1.29, 1.82) is 0 Å². The molecule has 3 aromatic rings. The first-order chi connectivity index (χ1) is 17.2. The molecule has 2 aromatic carbocycles. The first kappa shape index (κ1) is 21.3. The number of hydrogen-bond donors (Lipinski definition) is 0. The van der Waals surface area contributed by atoms with Crippen LogP contribution in [0.25, 0.3) is 5.70 Å². The van der Waals surface area contributed by atoms with E-state index >= 15 is 0 Å². The molecule has 6 rings (SSSR count). The fraction of sp³-hybridized carbons (Fsp3) is 0.214. The van der Waals surface area contributed by atoms with Crippen molar-refractivity contribution in [1.82, 2.24) is 9.88 Å². The van der Waals surface area contributed by atoms with E-state index in [1.807, 2.05) is 54.4 Å². The minimum Gasteiger partial charge on any atom is -0.460 e. The highest BCUT2D eigenvalue weighted by molar-refractivity contribution is 6.41. The zero-order chi connectivity index (χ0) is 23.9. The molecule has 1 aliphatic carbocycles. The Morgan fingerprint density at radius 2 is 1.89 bits per heavy atom. The molecule has 0 saturated carbocycles. The molecule has 174 valence electrons. The molecule has 35 heavy (non-hydrogen) atoms. The normalized spacial score (nSPS) is 18.4. The molecule has 2 aliphatic heterocycles. The van der Waals surface area contributed by atoms with E-state index in [4.69, 9.17) is 14.8 Å². The number of aliphatic imine (C=N–C) groups is 1. The van der Waals surface area contributed by atoms with Crippen LogP contribution < -0.4 is 5.01 Å². The SMILES string of the molecule is CCOC(=O)C1=NN(c2ccccc2C)C2=NC3=C(CCc4ccccc43)C(c3cccnc3)N12. The van der Waals surface area contributed by atoms with Crippen LogP contribution in [0.5, 0.6) is 0 Å². The largest absolute Gasteiger partial charge is 0.460 e. The number of carbonyl (C=O) groups is 1. The Hall–Kier alpha value is -4.26. The van der Waals surface area contributed by atoms with Crippen LogP contribution in [-0.4, -0.2) is 34.3 Å². The molecule has 3 heterocycles. The van der Waals surface area contributed by atoms with Gasteiger partial charge in [0.25, 0.3) is 0 Å². The number of nitrogens with zero attached hydrogens (tertiary/aromatic N) is 5. The molecule has 0 fully saturated rings. The van der Waals surface area contributed by atoms with Crippen molar-refractivity contribution in [2.24, 2.45) is 10.1 Å². The van der Waals surface area contributed by atoms with Gasteiger partial charge in [0.15, 0.2) is 0 Å². The maximum absolute atomic E-state index is 13.2. The number of aromatic nitrogens is 1. The van der Waals surface area contributed by atoms with Crippen molar-refractivity contribution in [2.45, 2.75) is 32.7 Å². The van der Waals surface area contributed by atoms with Gasteiger partial charge < -0.3 is 4.74 Å². The number of para-hydroxylation sites is 1. The number of guanidine groups is 1. The molecular weight excluding hydrogens is 438 g/mol. The molecule has 0 radical (unpaired) electrons. The Morgan fingerprint density at radius 3 is 2.69 bits per heavy atom. The Labute approximate surface area is 204 Å². The van der Waals surface area contributed by atoms with Crippen LogP contribution >= 0.6 is 0 Å². The van der Waals surface area contributed by atoms with Gasteiger partial charge in [-0.05, 0) is 61.1 Å². The second kappa shape index (κ2) is 8.51. The van der Waals surface area contributed by atoms with Gasteiger partial charge in [-0.1, -0.05) is 48.5 Å². The lowest BCUT2D eigenvalue weighted by molar-refractivity contribution is -0.135. The fourth-order valence-electron chi connectivity index (χ4n) is 5.09. The molecule has 1 unspecified atom stereocenters. The topological polar surface area (TPSA) is 70.4 Å². The van der Waals surface area contributed by atoms with E-state index < -0.39 is 5.97 Å². The lowest BCUT2D eigenvalue weighted by Crippen LogP contribution is -2.46. The standard InChI is InChI=1S/C28H25N5O2/c1-3-35-27(34)26-31-33(23-13-7-4-9-18(23)2)28-30-24-21-12-6-5-10-19(21)14-15-22(24)25(32(26)28)20-11-8-16-29-17-20/h4-13,16-17,25H,3,14-15H2,1-2H3. The van der Waals surface area contributed by atoms with Gasteiger partial charge in [0, 0.05) is 18.0 Å². The van der Waals surface area contributed by atoms with Gasteiger partial charge in [-0.3, -0.25) is 9.88 Å². The van der Waals surface area contributed by atoms with Gasteiger partial charge in [-0.15, -0.1) is 5.10 Å². The lowest BCUT2D eigenvalue weighted by Gasteiger charge is -2.38. The molecule has 1 aromatic heterocycles. The maximum atomic E-state index is 13.2. The predicted octanol–water partition coefficient (Wildman–Crippen LogP) is 4.86. The predicted molar refractivity (Wildman–Crippen MR) is 136 cm³/mol. The Bertz CT molecular complexity index is 1410. The van der Waals surface area contributed by atoms with E-state index in [9.17, 15) is 4.79 Å². The third-order valence-electron chi connectivity index (χ3n) is 6.67. The highest BCUT2D eigenvalue weighted by Crippen LogP contribution is 2.46. The first-order valence-electron chi connectivity index (χ1n) is 11.9. The molecule has 0 amide bonds. The summed E-state index contributed by atoms with van der Waals surface area (Å²) >= 11 is 0. The monoisotopic (exact) mass is 463 g/mol. The number of aryl methyl sites for hydroxylation is 2. The number of ether oxygens (including phenoxy) is 1. The summed E-state index contributed by atoms with van der Waals surface area (Å²) < 4.78 is 5.44. The van der Waals surface area contributed by atoms with Crippen LogP contribution in [0.15, 0.2) is 88.7 Å². The van der Waals surface area contributed by atoms with E-state index in [-0.39, 0.29) is 18.5 Å². The molecule has 0 saturated heterocycles. The lowest BCUT2D eigenvalue weighted by atomic mass is 9.82. The summed E-state index contributed by atoms with van der Waals surface area (Å²) in [6.45, 7) is 4.09. The average Bonchev–Trinajstić information content (AvgIpc) is 3.27. The summed E-state index contributed by atoms with van der Waals surface area (Å²) in [6, 6.07) is 20.1. The maximum Gasteiger partial charge on any atom is 0.376 e. The Kier molecular flexibility index (Phi) is 5.17. The minimum absolute atomic E-state index is 0.230. The summed E-state index contributed by atoms with van der Waals surface area (Å²) in [4.78, 5) is 24.7. The van der Waals surface area contributed by atoms with Gasteiger partial charge in [0.2, 0.25) is 11.8 Å². The number of esters is 1. The number of carbonyl (C=O) groups excluding carboxylic acids is 1. The number of anilines is 1. The average molecular weight is 464 g/mol. The van der Waals surface area contributed by atoms with Crippen LogP contribution in [0, 0.1) is 6.92 Å². The van der Waals surface area contributed by atoms with Crippen molar-refractivity contribution < 1.29 is 9.53 Å². The second-order valence-electron chi connectivity index (χ2n) is 8.74.